The lowest BCUT2D eigenvalue weighted by Gasteiger charge is -2.31. The lowest BCUT2D eigenvalue weighted by atomic mass is 9.70. The monoisotopic (exact) mass is 287 g/mol. The Bertz CT molecular complexity index is 553. The van der Waals surface area contributed by atoms with E-state index < -0.39 is 17.2 Å². The summed E-state index contributed by atoms with van der Waals surface area (Å²) in [6.07, 6.45) is 4.49. The van der Waals surface area contributed by atoms with Crippen molar-refractivity contribution in [1.29, 1.82) is 5.26 Å². The Balaban J connectivity index is 2.35. The number of Topliss-reactive ketones (excluding diaryl/α,β-unsaturated/α-hetero) is 1. The summed E-state index contributed by atoms with van der Waals surface area (Å²) in [5.41, 5.74) is -0.211. The zero-order valence-corrected chi connectivity index (χ0v) is 12.7. The molecule has 1 aromatic carbocycles. The molecule has 2 rings (SSSR count). The van der Waals surface area contributed by atoms with E-state index in [4.69, 9.17) is 0 Å². The highest BCUT2D eigenvalue weighted by Crippen LogP contribution is 2.47. The van der Waals surface area contributed by atoms with Crippen LogP contribution in [-0.4, -0.2) is 5.78 Å². The van der Waals surface area contributed by atoms with Crippen LogP contribution in [-0.2, 0) is 4.79 Å². The molecule has 1 atom stereocenters. The molecule has 1 aliphatic rings. The number of benzene rings is 1. The van der Waals surface area contributed by atoms with Crippen LogP contribution in [0.5, 0.6) is 0 Å². The van der Waals surface area contributed by atoms with Crippen LogP contribution in [0.25, 0.3) is 0 Å². The van der Waals surface area contributed by atoms with E-state index in [2.05, 4.69) is 13.8 Å². The molecule has 1 fully saturated rings. The van der Waals surface area contributed by atoms with Gasteiger partial charge in [0.1, 0.15) is 11.7 Å². The molecule has 0 heterocycles. The topological polar surface area (TPSA) is 40.9 Å². The van der Waals surface area contributed by atoms with E-state index in [9.17, 15) is 14.4 Å². The van der Waals surface area contributed by atoms with Gasteiger partial charge in [-0.15, -0.1) is 0 Å². The van der Waals surface area contributed by atoms with Crippen LogP contribution >= 0.6 is 0 Å². The van der Waals surface area contributed by atoms with E-state index in [-0.39, 0.29) is 11.3 Å². The molecular formula is C18H22FNO. The minimum atomic E-state index is -0.983. The summed E-state index contributed by atoms with van der Waals surface area (Å²) in [5, 5.41) is 9.45. The third kappa shape index (κ3) is 3.15. The van der Waals surface area contributed by atoms with E-state index >= 15 is 0 Å². The Labute approximate surface area is 126 Å². The van der Waals surface area contributed by atoms with Gasteiger partial charge in [0.05, 0.1) is 6.07 Å². The predicted octanol–water partition coefficient (Wildman–Crippen LogP) is 4.61. The van der Waals surface area contributed by atoms with Crippen molar-refractivity contribution >= 4 is 5.78 Å². The van der Waals surface area contributed by atoms with E-state index in [1.807, 2.05) is 6.07 Å². The van der Waals surface area contributed by atoms with Crippen LogP contribution in [0.1, 0.15) is 57.4 Å². The second-order valence-corrected chi connectivity index (χ2v) is 6.53. The van der Waals surface area contributed by atoms with Gasteiger partial charge in [-0.1, -0.05) is 44.9 Å². The molecule has 3 heteroatoms. The largest absolute Gasteiger partial charge is 0.297 e. The van der Waals surface area contributed by atoms with E-state index in [0.717, 1.165) is 32.1 Å². The average Bonchev–Trinajstić information content (AvgIpc) is 2.90. The van der Waals surface area contributed by atoms with Crippen molar-refractivity contribution in [2.24, 2.45) is 11.3 Å². The van der Waals surface area contributed by atoms with Gasteiger partial charge in [0.25, 0.3) is 0 Å². The lowest BCUT2D eigenvalue weighted by Crippen LogP contribution is -2.34. The first kappa shape index (κ1) is 15.7. The molecule has 0 aromatic heterocycles. The number of nitrogens with zero attached hydrogens (tertiary/aromatic N) is 1. The van der Waals surface area contributed by atoms with Gasteiger partial charge in [-0.3, -0.25) is 4.79 Å². The van der Waals surface area contributed by atoms with Gasteiger partial charge >= 0.3 is 0 Å². The van der Waals surface area contributed by atoms with Crippen LogP contribution in [0.3, 0.4) is 0 Å². The molecule has 0 aliphatic heterocycles. The highest BCUT2D eigenvalue weighted by atomic mass is 19.1. The smallest absolute Gasteiger partial charge is 0.160 e. The third-order valence-electron chi connectivity index (χ3n) is 4.49. The molecule has 0 bridgehead atoms. The molecule has 2 nitrogen and oxygen atoms in total. The Morgan fingerprint density at radius 3 is 2.48 bits per heavy atom. The van der Waals surface area contributed by atoms with E-state index in [0.29, 0.717) is 5.92 Å². The van der Waals surface area contributed by atoms with Crippen LogP contribution in [0.15, 0.2) is 24.3 Å². The van der Waals surface area contributed by atoms with Gasteiger partial charge in [0.15, 0.2) is 5.78 Å². The van der Waals surface area contributed by atoms with Crippen molar-refractivity contribution < 1.29 is 9.18 Å². The van der Waals surface area contributed by atoms with Crippen molar-refractivity contribution in [3.63, 3.8) is 0 Å². The van der Waals surface area contributed by atoms with Gasteiger partial charge < -0.3 is 0 Å². The van der Waals surface area contributed by atoms with E-state index in [1.54, 1.807) is 18.2 Å². The Morgan fingerprint density at radius 1 is 1.33 bits per heavy atom. The molecule has 112 valence electrons. The Hall–Kier alpha value is -1.69. The number of carbonyl (C=O) groups is 1. The normalized spacial score (nSPS) is 18.4. The number of hydrogen-bond acceptors (Lipinski definition) is 2. The average molecular weight is 287 g/mol. The molecule has 1 aliphatic carbocycles. The fraction of sp³-hybridized carbons (Fsp3) is 0.556. The standard InChI is InChI=1S/C18H22FNO/c1-13(2)11-18(9-5-6-10-18)17(21)15(12-20)14-7-3-4-8-16(14)19/h3-4,7-8,13,15H,5-6,9-11H2,1-2H3. The van der Waals surface area contributed by atoms with Gasteiger partial charge in [0.2, 0.25) is 0 Å². The molecule has 0 amide bonds. The van der Waals surface area contributed by atoms with Gasteiger partial charge in [-0.05, 0) is 31.2 Å². The summed E-state index contributed by atoms with van der Waals surface area (Å²) < 4.78 is 14.0. The first-order valence-corrected chi connectivity index (χ1v) is 7.68. The summed E-state index contributed by atoms with van der Waals surface area (Å²) in [7, 11) is 0. The zero-order chi connectivity index (χ0) is 15.5. The van der Waals surface area contributed by atoms with Crippen molar-refractivity contribution in [3.05, 3.63) is 35.6 Å². The van der Waals surface area contributed by atoms with Crippen molar-refractivity contribution in [3.8, 4) is 6.07 Å². The van der Waals surface area contributed by atoms with Crippen LogP contribution in [0, 0.1) is 28.5 Å². The summed E-state index contributed by atoms with van der Waals surface area (Å²) in [4.78, 5) is 13.0. The Morgan fingerprint density at radius 2 is 1.95 bits per heavy atom. The third-order valence-corrected chi connectivity index (χ3v) is 4.49. The van der Waals surface area contributed by atoms with Crippen molar-refractivity contribution in [2.45, 2.75) is 51.9 Å². The fourth-order valence-corrected chi connectivity index (χ4v) is 3.67. The SMILES string of the molecule is CC(C)CC1(C(=O)C(C#N)c2ccccc2F)CCCC1. The molecule has 0 N–H and O–H groups in total. The number of carbonyl (C=O) groups excluding carboxylic acids is 1. The number of rotatable bonds is 5. The molecule has 0 saturated heterocycles. The molecule has 1 saturated carbocycles. The maximum Gasteiger partial charge on any atom is 0.160 e. The minimum Gasteiger partial charge on any atom is -0.297 e. The maximum absolute atomic E-state index is 14.0. The second kappa shape index (κ2) is 6.39. The summed E-state index contributed by atoms with van der Waals surface area (Å²) in [6.45, 7) is 4.19. The van der Waals surface area contributed by atoms with Gasteiger partial charge in [-0.25, -0.2) is 4.39 Å². The van der Waals surface area contributed by atoms with E-state index in [1.165, 1.54) is 6.07 Å². The van der Waals surface area contributed by atoms with Gasteiger partial charge in [-0.2, -0.15) is 5.26 Å². The summed E-state index contributed by atoms with van der Waals surface area (Å²) in [5.74, 6) is -1.13. The predicted molar refractivity (Wildman–Crippen MR) is 80.1 cm³/mol. The van der Waals surface area contributed by atoms with Crippen LogP contribution in [0.2, 0.25) is 0 Å². The summed E-state index contributed by atoms with van der Waals surface area (Å²) >= 11 is 0. The lowest BCUT2D eigenvalue weighted by molar-refractivity contribution is -0.129. The molecule has 1 aromatic rings. The van der Waals surface area contributed by atoms with Crippen LogP contribution in [0.4, 0.5) is 4.39 Å². The molecular weight excluding hydrogens is 265 g/mol. The number of nitriles is 1. The first-order chi connectivity index (χ1) is 10.00. The molecule has 21 heavy (non-hydrogen) atoms. The maximum atomic E-state index is 14.0. The summed E-state index contributed by atoms with van der Waals surface area (Å²) in [6, 6.07) is 8.18. The number of halogens is 1. The molecule has 0 radical (unpaired) electrons. The van der Waals surface area contributed by atoms with Gasteiger partial charge in [0, 0.05) is 11.0 Å². The van der Waals surface area contributed by atoms with Crippen molar-refractivity contribution in [1.82, 2.24) is 0 Å². The fourth-order valence-electron chi connectivity index (χ4n) is 3.67. The number of hydrogen-bond donors (Lipinski definition) is 0. The number of ketones is 1. The first-order valence-electron chi connectivity index (χ1n) is 7.68. The zero-order valence-electron chi connectivity index (χ0n) is 12.7. The highest BCUT2D eigenvalue weighted by molar-refractivity contribution is 5.93. The highest BCUT2D eigenvalue weighted by Gasteiger charge is 2.45. The quantitative estimate of drug-likeness (QED) is 0.793. The minimum absolute atomic E-state index is 0.0821. The Kier molecular flexibility index (Phi) is 4.77. The molecule has 0 spiro atoms. The molecule has 1 unspecified atom stereocenters. The van der Waals surface area contributed by atoms with Crippen LogP contribution < -0.4 is 0 Å². The second-order valence-electron chi connectivity index (χ2n) is 6.53. The van der Waals surface area contributed by atoms with Crippen molar-refractivity contribution in [2.75, 3.05) is 0 Å².